The molecule has 34 heavy (non-hydrogen) atoms. The van der Waals surface area contributed by atoms with Crippen molar-refractivity contribution in [1.29, 1.82) is 0 Å². The fourth-order valence-corrected chi connectivity index (χ4v) is 6.35. The second-order valence-electron chi connectivity index (χ2n) is 8.53. The quantitative estimate of drug-likeness (QED) is 0.435. The number of sulfonamides is 1. The van der Waals surface area contributed by atoms with E-state index in [2.05, 4.69) is 5.10 Å². The fraction of sp³-hybridized carbons (Fsp3) is 0.154. The molecule has 7 nitrogen and oxygen atoms in total. The number of hydrogen-bond acceptors (Lipinski definition) is 5. The molecule has 3 aromatic carbocycles. The van der Waals surface area contributed by atoms with Gasteiger partial charge < -0.3 is 4.42 Å². The Balaban J connectivity index is 1.37. The maximum Gasteiger partial charge on any atom is 0.265 e. The molecule has 0 radical (unpaired) electrons. The zero-order chi connectivity index (χ0) is 23.4. The number of aryl methyl sites for hydroxylation is 1. The van der Waals surface area contributed by atoms with E-state index >= 15 is 0 Å². The zero-order valence-electron chi connectivity index (χ0n) is 18.4. The van der Waals surface area contributed by atoms with Crippen molar-refractivity contribution in [3.63, 3.8) is 0 Å². The van der Waals surface area contributed by atoms with Gasteiger partial charge in [-0.05, 0) is 42.1 Å². The van der Waals surface area contributed by atoms with Gasteiger partial charge in [0.05, 0.1) is 22.6 Å². The number of benzene rings is 3. The molecule has 4 aromatic rings. The van der Waals surface area contributed by atoms with Crippen LogP contribution in [0.3, 0.4) is 0 Å². The van der Waals surface area contributed by atoms with Crippen LogP contribution < -0.4 is 4.31 Å². The smallest absolute Gasteiger partial charge is 0.265 e. The molecule has 2 aliphatic heterocycles. The summed E-state index contributed by atoms with van der Waals surface area (Å²) in [5.74, 6) is 0.186. The van der Waals surface area contributed by atoms with Crippen molar-refractivity contribution in [1.82, 2.24) is 5.01 Å². The molecule has 0 saturated carbocycles. The maximum absolute atomic E-state index is 13.6. The molecule has 0 bridgehead atoms. The fourth-order valence-electron chi connectivity index (χ4n) is 4.69. The average Bonchev–Trinajstić information content (AvgIpc) is 3.56. The van der Waals surface area contributed by atoms with Gasteiger partial charge in [0.25, 0.3) is 15.9 Å². The molecular weight excluding hydrogens is 450 g/mol. The van der Waals surface area contributed by atoms with Crippen LogP contribution >= 0.6 is 0 Å². The second-order valence-corrected chi connectivity index (χ2v) is 10.4. The van der Waals surface area contributed by atoms with Crippen LogP contribution in [0.4, 0.5) is 5.69 Å². The van der Waals surface area contributed by atoms with Gasteiger partial charge in [0, 0.05) is 11.8 Å². The van der Waals surface area contributed by atoms with Crippen molar-refractivity contribution >= 4 is 38.1 Å². The van der Waals surface area contributed by atoms with E-state index in [1.54, 1.807) is 36.6 Å². The molecule has 0 spiro atoms. The van der Waals surface area contributed by atoms with Gasteiger partial charge in [-0.25, -0.2) is 13.4 Å². The lowest BCUT2D eigenvalue weighted by Gasteiger charge is -2.24. The largest absolute Gasteiger partial charge is 0.467 e. The highest BCUT2D eigenvalue weighted by Gasteiger charge is 2.40. The third kappa shape index (κ3) is 3.13. The number of anilines is 1. The Morgan fingerprint density at radius 1 is 1.03 bits per heavy atom. The summed E-state index contributed by atoms with van der Waals surface area (Å²) in [6, 6.07) is 21.7. The van der Waals surface area contributed by atoms with E-state index in [9.17, 15) is 13.2 Å². The summed E-state index contributed by atoms with van der Waals surface area (Å²) in [4.78, 5) is 13.8. The molecule has 1 amide bonds. The normalized spacial score (nSPS) is 18.5. The van der Waals surface area contributed by atoms with Crippen LogP contribution in [-0.2, 0) is 14.8 Å². The predicted octanol–water partition coefficient (Wildman–Crippen LogP) is 4.63. The SMILES string of the molecule is Cc1ccc(C2=NN(C(=O)CN3c4cccc5cccc(c45)S3(=O)=O)[C@H](c3ccco3)C2)cc1. The molecule has 3 heterocycles. The van der Waals surface area contributed by atoms with Gasteiger partial charge in [0.15, 0.2) is 0 Å². The highest BCUT2D eigenvalue weighted by atomic mass is 32.2. The van der Waals surface area contributed by atoms with Crippen molar-refractivity contribution in [2.24, 2.45) is 5.10 Å². The first-order chi connectivity index (χ1) is 16.4. The molecule has 170 valence electrons. The van der Waals surface area contributed by atoms with Crippen molar-refractivity contribution in [3.05, 3.63) is 95.9 Å². The van der Waals surface area contributed by atoms with Gasteiger partial charge in [-0.15, -0.1) is 0 Å². The van der Waals surface area contributed by atoms with E-state index < -0.39 is 22.0 Å². The molecule has 0 unspecified atom stereocenters. The number of hydrazone groups is 1. The number of carbonyl (C=O) groups excluding carboxylic acids is 1. The van der Waals surface area contributed by atoms with Gasteiger partial charge in [-0.1, -0.05) is 54.1 Å². The monoisotopic (exact) mass is 471 g/mol. The van der Waals surface area contributed by atoms with Gasteiger partial charge in [-0.3, -0.25) is 9.10 Å². The van der Waals surface area contributed by atoms with Crippen molar-refractivity contribution in [2.45, 2.75) is 24.3 Å². The first-order valence-corrected chi connectivity index (χ1v) is 12.4. The molecule has 2 aliphatic rings. The summed E-state index contributed by atoms with van der Waals surface area (Å²) in [5, 5.41) is 7.47. The molecular formula is C26H21N3O4S. The summed E-state index contributed by atoms with van der Waals surface area (Å²) < 4.78 is 33.5. The summed E-state index contributed by atoms with van der Waals surface area (Å²) in [6.45, 7) is 1.66. The number of amides is 1. The molecule has 8 heteroatoms. The first kappa shape index (κ1) is 20.7. The summed E-state index contributed by atoms with van der Waals surface area (Å²) in [7, 11) is -3.85. The van der Waals surface area contributed by atoms with Crippen LogP contribution in [0, 0.1) is 6.92 Å². The Bertz CT molecular complexity index is 1550. The highest BCUT2D eigenvalue weighted by Crippen LogP contribution is 2.42. The average molecular weight is 472 g/mol. The lowest BCUT2D eigenvalue weighted by molar-refractivity contribution is -0.131. The third-order valence-corrected chi connectivity index (χ3v) is 8.18. The molecule has 0 saturated heterocycles. The molecule has 1 aromatic heterocycles. The van der Waals surface area contributed by atoms with E-state index in [0.29, 0.717) is 23.3 Å². The molecule has 0 aliphatic carbocycles. The Hall–Kier alpha value is -3.91. The van der Waals surface area contributed by atoms with Crippen LogP contribution in [0.2, 0.25) is 0 Å². The minimum atomic E-state index is -3.85. The minimum absolute atomic E-state index is 0.223. The van der Waals surface area contributed by atoms with Crippen LogP contribution in [0.1, 0.15) is 29.3 Å². The summed E-state index contributed by atoms with van der Waals surface area (Å²) in [6.07, 6.45) is 2.04. The Labute approximate surface area is 197 Å². The van der Waals surface area contributed by atoms with E-state index in [4.69, 9.17) is 4.42 Å². The van der Waals surface area contributed by atoms with E-state index in [1.165, 1.54) is 9.31 Å². The summed E-state index contributed by atoms with van der Waals surface area (Å²) in [5.41, 5.74) is 3.32. The molecule has 6 rings (SSSR count). The number of furan rings is 1. The topological polar surface area (TPSA) is 83.2 Å². The zero-order valence-corrected chi connectivity index (χ0v) is 19.2. The van der Waals surface area contributed by atoms with E-state index in [1.807, 2.05) is 49.4 Å². The van der Waals surface area contributed by atoms with E-state index in [0.717, 1.165) is 22.2 Å². The van der Waals surface area contributed by atoms with Crippen molar-refractivity contribution in [3.8, 4) is 0 Å². The number of nitrogens with zero attached hydrogens (tertiary/aromatic N) is 3. The lowest BCUT2D eigenvalue weighted by atomic mass is 10.0. The van der Waals surface area contributed by atoms with Crippen molar-refractivity contribution in [2.75, 3.05) is 10.8 Å². The third-order valence-electron chi connectivity index (χ3n) is 6.38. The Morgan fingerprint density at radius 3 is 2.53 bits per heavy atom. The minimum Gasteiger partial charge on any atom is -0.467 e. The number of hydrogen-bond donors (Lipinski definition) is 0. The summed E-state index contributed by atoms with van der Waals surface area (Å²) >= 11 is 0. The van der Waals surface area contributed by atoms with Gasteiger partial charge >= 0.3 is 0 Å². The lowest BCUT2D eigenvalue weighted by Crippen LogP contribution is -2.39. The van der Waals surface area contributed by atoms with Crippen LogP contribution in [0.25, 0.3) is 10.8 Å². The van der Waals surface area contributed by atoms with Crippen LogP contribution in [-0.4, -0.2) is 31.6 Å². The van der Waals surface area contributed by atoms with Gasteiger partial charge in [0.1, 0.15) is 18.3 Å². The van der Waals surface area contributed by atoms with Crippen molar-refractivity contribution < 1.29 is 17.6 Å². The Morgan fingerprint density at radius 2 is 1.79 bits per heavy atom. The molecule has 0 N–H and O–H groups in total. The van der Waals surface area contributed by atoms with Gasteiger partial charge in [0.2, 0.25) is 0 Å². The van der Waals surface area contributed by atoms with E-state index in [-0.39, 0.29) is 11.4 Å². The van der Waals surface area contributed by atoms with Crippen LogP contribution in [0.15, 0.2) is 93.5 Å². The molecule has 1 atom stereocenters. The van der Waals surface area contributed by atoms with Crippen LogP contribution in [0.5, 0.6) is 0 Å². The highest BCUT2D eigenvalue weighted by molar-refractivity contribution is 7.93. The van der Waals surface area contributed by atoms with Gasteiger partial charge in [-0.2, -0.15) is 5.10 Å². The number of carbonyl (C=O) groups is 1. The number of rotatable bonds is 4. The maximum atomic E-state index is 13.6. The first-order valence-electron chi connectivity index (χ1n) is 11.0. The second kappa shape index (κ2) is 7.56. The Kier molecular flexibility index (Phi) is 4.60. The standard InChI is InChI=1S/C26H21N3O4S/c1-17-10-12-18(13-11-17)20-15-22(23-8-4-14-33-23)29(27-20)25(30)16-28-21-7-2-5-19-6-3-9-24(26(19)21)34(28,31)32/h2-14,22H,15-16H2,1H3/t22-/m0/s1. The predicted molar refractivity (Wildman–Crippen MR) is 129 cm³/mol. The molecule has 0 fully saturated rings.